The van der Waals surface area contributed by atoms with Crippen molar-refractivity contribution in [3.05, 3.63) is 29.6 Å². The lowest BCUT2D eigenvalue weighted by molar-refractivity contribution is -0.139. The highest BCUT2D eigenvalue weighted by Gasteiger charge is 2.31. The van der Waals surface area contributed by atoms with Crippen LogP contribution in [0.4, 0.5) is 13.2 Å². The van der Waals surface area contributed by atoms with Gasteiger partial charge >= 0.3 is 0 Å². The van der Waals surface area contributed by atoms with Crippen LogP contribution >= 0.6 is 0 Å². The second-order valence-electron chi connectivity index (χ2n) is 8.64. The van der Waals surface area contributed by atoms with E-state index in [4.69, 9.17) is 4.74 Å². The van der Waals surface area contributed by atoms with Gasteiger partial charge in [0.15, 0.2) is 17.4 Å². The molecule has 0 aliphatic carbocycles. The number of rotatable bonds is 6. The Morgan fingerprint density at radius 3 is 2.17 bits per heavy atom. The maximum Gasteiger partial charge on any atom is 0.225 e. The van der Waals surface area contributed by atoms with Gasteiger partial charge in [0.1, 0.15) is 11.9 Å². The number of amides is 1. The van der Waals surface area contributed by atoms with Gasteiger partial charge in [-0.1, -0.05) is 13.8 Å². The quantitative estimate of drug-likeness (QED) is 0.701. The van der Waals surface area contributed by atoms with Crippen LogP contribution < -0.4 is 4.74 Å². The first-order chi connectivity index (χ1) is 13.8. The summed E-state index contributed by atoms with van der Waals surface area (Å²) in [5, 5.41) is 0. The van der Waals surface area contributed by atoms with Crippen molar-refractivity contribution in [1.82, 2.24) is 9.80 Å². The molecule has 1 aromatic carbocycles. The number of likely N-dealkylation sites (tertiary alicyclic amines) is 2. The summed E-state index contributed by atoms with van der Waals surface area (Å²) >= 11 is 0. The Bertz CT molecular complexity index is 674. The van der Waals surface area contributed by atoms with Crippen molar-refractivity contribution in [3.8, 4) is 5.75 Å². The molecule has 3 rings (SSSR count). The molecule has 4 nitrogen and oxygen atoms in total. The van der Waals surface area contributed by atoms with Gasteiger partial charge in [0, 0.05) is 44.0 Å². The average molecular weight is 412 g/mol. The van der Waals surface area contributed by atoms with Gasteiger partial charge in [0.2, 0.25) is 5.91 Å². The molecule has 2 heterocycles. The Balaban J connectivity index is 1.44. The lowest BCUT2D eigenvalue weighted by Crippen LogP contribution is -2.47. The van der Waals surface area contributed by atoms with Crippen LogP contribution in [0.5, 0.6) is 5.75 Å². The van der Waals surface area contributed by atoms with E-state index in [9.17, 15) is 18.0 Å². The van der Waals surface area contributed by atoms with E-state index in [1.54, 1.807) is 0 Å². The Kier molecular flexibility index (Phi) is 7.44. The molecule has 0 bridgehead atoms. The molecule has 0 aromatic heterocycles. The normalized spacial score (nSPS) is 19.7. The molecule has 2 fully saturated rings. The molecule has 1 aromatic rings. The first-order valence-electron chi connectivity index (χ1n) is 10.7. The minimum Gasteiger partial charge on any atom is -0.484 e. The smallest absolute Gasteiger partial charge is 0.225 e. The number of hydrogen-bond donors (Lipinski definition) is 0. The molecule has 2 aliphatic heterocycles. The van der Waals surface area contributed by atoms with Gasteiger partial charge < -0.3 is 14.5 Å². The Hall–Kier alpha value is -1.76. The van der Waals surface area contributed by atoms with E-state index in [0.29, 0.717) is 44.0 Å². The molecule has 2 saturated heterocycles. The Labute approximate surface area is 171 Å². The molecular formula is C22H31F3N2O2. The number of nitrogens with zero attached hydrogens (tertiary/aromatic N) is 2. The van der Waals surface area contributed by atoms with Crippen LogP contribution in [-0.4, -0.2) is 54.5 Å². The molecule has 0 unspecified atom stereocenters. The van der Waals surface area contributed by atoms with E-state index in [2.05, 4.69) is 18.7 Å². The van der Waals surface area contributed by atoms with Crippen molar-refractivity contribution in [1.29, 1.82) is 0 Å². The van der Waals surface area contributed by atoms with Crippen LogP contribution in [0.3, 0.4) is 0 Å². The Morgan fingerprint density at radius 2 is 1.62 bits per heavy atom. The van der Waals surface area contributed by atoms with E-state index in [1.165, 1.54) is 6.42 Å². The fraction of sp³-hybridized carbons (Fsp3) is 0.682. The van der Waals surface area contributed by atoms with E-state index < -0.39 is 23.2 Å². The number of halogens is 3. The number of carbonyl (C=O) groups excluding carboxylic acids is 1. The molecule has 2 aliphatic rings. The van der Waals surface area contributed by atoms with Crippen molar-refractivity contribution >= 4 is 5.91 Å². The highest BCUT2D eigenvalue weighted by molar-refractivity contribution is 5.79. The summed E-state index contributed by atoms with van der Waals surface area (Å²) in [6.45, 7) is 8.50. The predicted octanol–water partition coefficient (Wildman–Crippen LogP) is 4.23. The lowest BCUT2D eigenvalue weighted by Gasteiger charge is -2.37. The third-order valence-corrected chi connectivity index (χ3v) is 5.96. The van der Waals surface area contributed by atoms with Crippen molar-refractivity contribution in [2.75, 3.05) is 32.7 Å². The standard InChI is InChI=1S/C22H31F3N2O2/c1-15(2)3-8-26-9-4-16(5-10-26)22(28)27-11-6-18(7-12-27)29-21-19(24)13-17(23)14-20(21)25/h13-16,18H,3-12H2,1-2H3. The van der Waals surface area contributed by atoms with Gasteiger partial charge in [-0.05, 0) is 44.8 Å². The lowest BCUT2D eigenvalue weighted by atomic mass is 9.93. The van der Waals surface area contributed by atoms with Gasteiger partial charge in [0.25, 0.3) is 0 Å². The highest BCUT2D eigenvalue weighted by atomic mass is 19.1. The van der Waals surface area contributed by atoms with Crippen LogP contribution in [0, 0.1) is 29.3 Å². The maximum atomic E-state index is 13.8. The molecule has 1 amide bonds. The van der Waals surface area contributed by atoms with Crippen molar-refractivity contribution in [2.45, 2.75) is 52.1 Å². The minimum absolute atomic E-state index is 0.0646. The second kappa shape index (κ2) is 9.83. The molecule has 0 N–H and O–H groups in total. The molecule has 0 radical (unpaired) electrons. The van der Waals surface area contributed by atoms with Crippen molar-refractivity contribution in [2.24, 2.45) is 11.8 Å². The predicted molar refractivity (Wildman–Crippen MR) is 105 cm³/mol. The highest BCUT2D eigenvalue weighted by Crippen LogP contribution is 2.28. The first kappa shape index (κ1) is 21.9. The first-order valence-corrected chi connectivity index (χ1v) is 10.7. The van der Waals surface area contributed by atoms with Crippen LogP contribution in [0.25, 0.3) is 0 Å². The fourth-order valence-corrected chi connectivity index (χ4v) is 4.10. The van der Waals surface area contributed by atoms with E-state index in [0.717, 1.165) is 32.5 Å². The minimum atomic E-state index is -1.04. The summed E-state index contributed by atoms with van der Waals surface area (Å²) in [4.78, 5) is 17.1. The third-order valence-electron chi connectivity index (χ3n) is 5.96. The molecule has 29 heavy (non-hydrogen) atoms. The third kappa shape index (κ3) is 5.87. The Morgan fingerprint density at radius 1 is 1.03 bits per heavy atom. The fourth-order valence-electron chi connectivity index (χ4n) is 4.10. The summed E-state index contributed by atoms with van der Waals surface area (Å²) in [5.41, 5.74) is 0. The van der Waals surface area contributed by atoms with E-state index in [1.807, 2.05) is 4.90 Å². The average Bonchev–Trinajstić information content (AvgIpc) is 2.69. The zero-order chi connectivity index (χ0) is 21.0. The summed E-state index contributed by atoms with van der Waals surface area (Å²) in [6.07, 6.45) is 3.59. The summed E-state index contributed by atoms with van der Waals surface area (Å²) in [5.74, 6) is -2.64. The largest absolute Gasteiger partial charge is 0.484 e. The number of carbonyl (C=O) groups is 1. The maximum absolute atomic E-state index is 13.8. The van der Waals surface area contributed by atoms with Gasteiger partial charge in [-0.15, -0.1) is 0 Å². The van der Waals surface area contributed by atoms with Crippen LogP contribution in [0.15, 0.2) is 12.1 Å². The molecule has 7 heteroatoms. The number of benzene rings is 1. The summed E-state index contributed by atoms with van der Waals surface area (Å²) in [7, 11) is 0. The molecular weight excluding hydrogens is 381 g/mol. The van der Waals surface area contributed by atoms with Gasteiger partial charge in [-0.25, -0.2) is 13.2 Å². The SMILES string of the molecule is CC(C)CCN1CCC(C(=O)N2CCC(Oc3c(F)cc(F)cc3F)CC2)CC1. The van der Waals surface area contributed by atoms with Gasteiger partial charge in [-0.3, -0.25) is 4.79 Å². The number of piperidine rings is 2. The van der Waals surface area contributed by atoms with E-state index >= 15 is 0 Å². The van der Waals surface area contributed by atoms with Crippen LogP contribution in [0.1, 0.15) is 46.0 Å². The summed E-state index contributed by atoms with van der Waals surface area (Å²) in [6, 6.07) is 1.23. The van der Waals surface area contributed by atoms with E-state index in [-0.39, 0.29) is 17.9 Å². The summed E-state index contributed by atoms with van der Waals surface area (Å²) < 4.78 is 46.0. The zero-order valence-electron chi connectivity index (χ0n) is 17.3. The van der Waals surface area contributed by atoms with Crippen LogP contribution in [-0.2, 0) is 4.79 Å². The molecule has 0 atom stereocenters. The van der Waals surface area contributed by atoms with Crippen LogP contribution in [0.2, 0.25) is 0 Å². The van der Waals surface area contributed by atoms with Gasteiger partial charge in [0.05, 0.1) is 0 Å². The molecule has 162 valence electrons. The van der Waals surface area contributed by atoms with Crippen molar-refractivity contribution in [3.63, 3.8) is 0 Å². The number of hydrogen-bond acceptors (Lipinski definition) is 3. The molecule has 0 spiro atoms. The second-order valence-corrected chi connectivity index (χ2v) is 8.64. The molecule has 0 saturated carbocycles. The zero-order valence-corrected chi connectivity index (χ0v) is 17.3. The topological polar surface area (TPSA) is 32.8 Å². The van der Waals surface area contributed by atoms with Crippen molar-refractivity contribution < 1.29 is 22.7 Å². The number of ether oxygens (including phenoxy) is 1. The van der Waals surface area contributed by atoms with Gasteiger partial charge in [-0.2, -0.15) is 0 Å². The monoisotopic (exact) mass is 412 g/mol.